The van der Waals surface area contributed by atoms with Gasteiger partial charge in [0.1, 0.15) is 22.8 Å². The smallest absolute Gasteiger partial charge is 0.339 e. The maximum Gasteiger partial charge on any atom is 0.339 e. The van der Waals surface area contributed by atoms with E-state index in [0.717, 1.165) is 24.8 Å². The van der Waals surface area contributed by atoms with E-state index in [1.54, 1.807) is 31.4 Å². The van der Waals surface area contributed by atoms with E-state index in [0.29, 0.717) is 16.9 Å². The number of hydrogen-bond donors (Lipinski definition) is 3. The Hall–Kier alpha value is -3.80. The lowest BCUT2D eigenvalue weighted by Gasteiger charge is -2.13. The van der Waals surface area contributed by atoms with Gasteiger partial charge in [0.25, 0.3) is 0 Å². The normalized spacial score (nSPS) is 10.2. The van der Waals surface area contributed by atoms with Gasteiger partial charge in [0, 0.05) is 11.6 Å². The number of phenols is 2. The number of ether oxygens (including phenoxy) is 1. The molecule has 3 N–H and O–H groups in total. The van der Waals surface area contributed by atoms with E-state index >= 15 is 0 Å². The molecular weight excluding hydrogens is 444 g/mol. The van der Waals surface area contributed by atoms with Gasteiger partial charge in [-0.15, -0.1) is 0 Å². The number of para-hydroxylation sites is 1. The summed E-state index contributed by atoms with van der Waals surface area (Å²) in [5.41, 5.74) is 1.79. The average Bonchev–Trinajstić information content (AvgIpc) is 2.86. The van der Waals surface area contributed by atoms with Gasteiger partial charge < -0.3 is 20.1 Å². The Kier molecular flexibility index (Phi) is 11.3. The Bertz CT molecular complexity index is 1090. The van der Waals surface area contributed by atoms with Crippen molar-refractivity contribution in [3.05, 3.63) is 89.0 Å². The number of aryl methyl sites for hydroxylation is 1. The highest BCUT2D eigenvalue weighted by Crippen LogP contribution is 2.31. The lowest BCUT2D eigenvalue weighted by molar-refractivity contribution is 0.0693. The van der Waals surface area contributed by atoms with Crippen molar-refractivity contribution in [3.63, 3.8) is 0 Å². The van der Waals surface area contributed by atoms with Crippen molar-refractivity contribution >= 4 is 11.8 Å². The maximum absolute atomic E-state index is 12.9. The van der Waals surface area contributed by atoms with E-state index < -0.39 is 5.97 Å². The van der Waals surface area contributed by atoms with Crippen molar-refractivity contribution in [1.82, 2.24) is 0 Å². The lowest BCUT2D eigenvalue weighted by Crippen LogP contribution is -2.07. The number of carboxylic acids is 1. The van der Waals surface area contributed by atoms with Gasteiger partial charge in [-0.2, -0.15) is 0 Å². The van der Waals surface area contributed by atoms with Crippen LogP contribution in [-0.4, -0.2) is 34.2 Å². The molecule has 0 atom stereocenters. The first kappa shape index (κ1) is 27.4. The van der Waals surface area contributed by atoms with E-state index in [1.807, 2.05) is 24.3 Å². The van der Waals surface area contributed by atoms with Gasteiger partial charge in [0.2, 0.25) is 0 Å². The fraction of sp³-hybridized carbons (Fsp3) is 0.310. The van der Waals surface area contributed by atoms with Crippen LogP contribution in [0.5, 0.6) is 17.2 Å². The van der Waals surface area contributed by atoms with Crippen LogP contribution in [0.15, 0.2) is 66.7 Å². The monoisotopic (exact) mass is 478 g/mol. The molecule has 0 bridgehead atoms. The predicted molar refractivity (Wildman–Crippen MR) is 137 cm³/mol. The molecule has 35 heavy (non-hydrogen) atoms. The molecule has 0 spiro atoms. The number of carbonyl (C=O) groups excluding carboxylic acids is 1. The summed E-state index contributed by atoms with van der Waals surface area (Å²) >= 11 is 0. The van der Waals surface area contributed by atoms with Crippen LogP contribution >= 0.6 is 0 Å². The number of unbranched alkanes of at least 4 members (excludes halogenated alkanes) is 5. The zero-order chi connectivity index (χ0) is 25.6. The summed E-state index contributed by atoms with van der Waals surface area (Å²) < 4.78 is 5.26. The van der Waals surface area contributed by atoms with Crippen LogP contribution in [0.4, 0.5) is 0 Å². The predicted octanol–water partition coefficient (Wildman–Crippen LogP) is 6.63. The van der Waals surface area contributed by atoms with Crippen LogP contribution in [0, 0.1) is 0 Å². The summed E-state index contributed by atoms with van der Waals surface area (Å²) in [7, 11) is 1.57. The second kappa shape index (κ2) is 14.5. The van der Waals surface area contributed by atoms with Crippen LogP contribution in [0.3, 0.4) is 0 Å². The third-order valence-corrected chi connectivity index (χ3v) is 5.61. The lowest BCUT2D eigenvalue weighted by atomic mass is 9.93. The van der Waals surface area contributed by atoms with Crippen molar-refractivity contribution in [2.24, 2.45) is 0 Å². The first-order chi connectivity index (χ1) is 16.9. The van der Waals surface area contributed by atoms with Gasteiger partial charge in [0.05, 0.1) is 12.7 Å². The highest BCUT2D eigenvalue weighted by atomic mass is 16.5. The number of hydrogen-bond acceptors (Lipinski definition) is 5. The molecule has 0 amide bonds. The molecular formula is C29H34O6. The minimum Gasteiger partial charge on any atom is -0.507 e. The summed E-state index contributed by atoms with van der Waals surface area (Å²) in [5, 5.41) is 27.7. The van der Waals surface area contributed by atoms with E-state index in [1.165, 1.54) is 43.9 Å². The fourth-order valence-corrected chi connectivity index (χ4v) is 3.72. The zero-order valence-corrected chi connectivity index (χ0v) is 20.4. The van der Waals surface area contributed by atoms with Crippen molar-refractivity contribution < 1.29 is 29.6 Å². The molecule has 0 fully saturated rings. The molecule has 0 radical (unpaired) electrons. The topological polar surface area (TPSA) is 104 Å². The molecule has 3 aromatic rings. The summed E-state index contributed by atoms with van der Waals surface area (Å²) in [4.78, 5) is 23.1. The number of methoxy groups -OCH3 is 1. The Morgan fingerprint density at radius 1 is 0.800 bits per heavy atom. The second-order valence-corrected chi connectivity index (χ2v) is 8.22. The number of aromatic carboxylic acids is 1. The standard InChI is InChI=1S/C22H28O3.C7H6O3/c1-3-4-5-6-7-9-14-18-15-19(25-2)16-20(23)21(18)22(24)17-12-10-8-11-13-17;8-6-4-2-1-3-5(6)7(9)10/h8,10-13,15-16,23H,3-7,9,14H2,1-2H3;1-4,8H,(H,9,10). The number of benzene rings is 3. The van der Waals surface area contributed by atoms with Gasteiger partial charge in [0.15, 0.2) is 5.78 Å². The summed E-state index contributed by atoms with van der Waals surface area (Å²) in [6.07, 6.45) is 7.89. The van der Waals surface area contributed by atoms with Gasteiger partial charge in [-0.3, -0.25) is 4.79 Å². The average molecular weight is 479 g/mol. The van der Waals surface area contributed by atoms with Crippen molar-refractivity contribution in [1.29, 1.82) is 0 Å². The molecule has 0 aliphatic rings. The minimum absolute atomic E-state index is 0.00538. The Morgan fingerprint density at radius 2 is 1.43 bits per heavy atom. The molecule has 186 valence electrons. The van der Waals surface area contributed by atoms with Crippen molar-refractivity contribution in [3.8, 4) is 17.2 Å². The molecule has 0 saturated carbocycles. The molecule has 0 aromatic heterocycles. The number of carbonyl (C=O) groups is 2. The molecule has 0 heterocycles. The van der Waals surface area contributed by atoms with Gasteiger partial charge in [-0.1, -0.05) is 81.5 Å². The summed E-state index contributed by atoms with van der Waals surface area (Å²) in [6, 6.07) is 18.3. The molecule has 0 aliphatic carbocycles. The van der Waals surface area contributed by atoms with E-state index in [-0.39, 0.29) is 22.8 Å². The fourth-order valence-electron chi connectivity index (χ4n) is 3.72. The molecule has 6 nitrogen and oxygen atoms in total. The Labute approximate surface area is 206 Å². The van der Waals surface area contributed by atoms with E-state index in [9.17, 15) is 14.7 Å². The van der Waals surface area contributed by atoms with E-state index in [4.69, 9.17) is 14.9 Å². The van der Waals surface area contributed by atoms with Gasteiger partial charge >= 0.3 is 5.97 Å². The minimum atomic E-state index is -1.11. The largest absolute Gasteiger partial charge is 0.507 e. The molecule has 6 heteroatoms. The zero-order valence-electron chi connectivity index (χ0n) is 20.4. The Morgan fingerprint density at radius 3 is 2.03 bits per heavy atom. The first-order valence-electron chi connectivity index (χ1n) is 11.9. The highest BCUT2D eigenvalue weighted by Gasteiger charge is 2.19. The number of carboxylic acid groups (broad SMARTS) is 1. The van der Waals surface area contributed by atoms with Crippen LogP contribution in [-0.2, 0) is 6.42 Å². The van der Waals surface area contributed by atoms with Crippen LogP contribution in [0.25, 0.3) is 0 Å². The molecule has 3 rings (SSSR count). The third kappa shape index (κ3) is 8.49. The SMILES string of the molecule is CCCCCCCCc1cc(OC)cc(O)c1C(=O)c1ccccc1.O=C(O)c1ccccc1O. The third-order valence-electron chi connectivity index (χ3n) is 5.61. The highest BCUT2D eigenvalue weighted by molar-refractivity contribution is 6.11. The number of rotatable bonds is 11. The van der Waals surface area contributed by atoms with Crippen LogP contribution in [0.2, 0.25) is 0 Å². The Balaban J connectivity index is 0.000000360. The summed E-state index contributed by atoms with van der Waals surface area (Å²) in [5.74, 6) is -0.868. The molecule has 0 saturated heterocycles. The first-order valence-corrected chi connectivity index (χ1v) is 11.9. The quantitative estimate of drug-likeness (QED) is 0.211. The van der Waals surface area contributed by atoms with Crippen LogP contribution < -0.4 is 4.74 Å². The number of aromatic hydroxyl groups is 2. The maximum atomic E-state index is 12.9. The van der Waals surface area contributed by atoms with Crippen LogP contribution in [0.1, 0.15) is 77.3 Å². The molecule has 0 unspecified atom stereocenters. The van der Waals surface area contributed by atoms with Gasteiger partial charge in [-0.05, 0) is 36.6 Å². The van der Waals surface area contributed by atoms with Gasteiger partial charge in [-0.25, -0.2) is 4.79 Å². The summed E-state index contributed by atoms with van der Waals surface area (Å²) in [6.45, 7) is 2.21. The molecule has 3 aromatic carbocycles. The van der Waals surface area contributed by atoms with Crippen molar-refractivity contribution in [2.75, 3.05) is 7.11 Å². The molecule has 0 aliphatic heterocycles. The second-order valence-electron chi connectivity index (χ2n) is 8.22. The van der Waals surface area contributed by atoms with Crippen molar-refractivity contribution in [2.45, 2.75) is 51.9 Å². The number of ketones is 1. The van der Waals surface area contributed by atoms with E-state index in [2.05, 4.69) is 6.92 Å². The number of phenolic OH excluding ortho intramolecular Hbond substituents is 1.